The molecule has 128 valence electrons. The Morgan fingerprint density at radius 1 is 1.30 bits per heavy atom. The second-order valence-corrected chi connectivity index (χ2v) is 7.81. The summed E-state index contributed by atoms with van der Waals surface area (Å²) in [6, 6.07) is 6.92. The first-order valence-electron chi connectivity index (χ1n) is 7.47. The number of hydrogen-bond acceptors (Lipinski definition) is 4. The van der Waals surface area contributed by atoms with Crippen molar-refractivity contribution in [1.29, 1.82) is 0 Å². The quantitative estimate of drug-likeness (QED) is 0.855. The van der Waals surface area contributed by atoms with E-state index in [9.17, 15) is 13.2 Å². The van der Waals surface area contributed by atoms with Gasteiger partial charge in [-0.2, -0.15) is 17.0 Å². The van der Waals surface area contributed by atoms with Crippen LogP contribution in [0.1, 0.15) is 23.2 Å². The minimum atomic E-state index is -3.38. The first-order chi connectivity index (χ1) is 10.8. The van der Waals surface area contributed by atoms with Crippen molar-refractivity contribution < 1.29 is 17.9 Å². The average molecular weight is 341 g/mol. The number of ether oxygens (including phenoxy) is 1. The molecule has 0 saturated carbocycles. The Hall–Kier alpha value is -1.64. The molecule has 0 atom stereocenters. The molecule has 1 heterocycles. The van der Waals surface area contributed by atoms with Crippen LogP contribution < -0.4 is 10.1 Å². The van der Waals surface area contributed by atoms with Crippen LogP contribution in [0.5, 0.6) is 5.75 Å². The molecule has 0 spiro atoms. The SMILES string of the molecule is COc1cccc(C(=O)NC2CCN(S(=O)(=O)N(C)C)CC2)c1. The molecular weight excluding hydrogens is 318 g/mol. The smallest absolute Gasteiger partial charge is 0.281 e. The number of amides is 1. The first-order valence-corrected chi connectivity index (χ1v) is 8.87. The Kier molecular flexibility index (Phi) is 5.61. The van der Waals surface area contributed by atoms with Crippen molar-refractivity contribution in [2.75, 3.05) is 34.3 Å². The molecule has 1 N–H and O–H groups in total. The van der Waals surface area contributed by atoms with Gasteiger partial charge in [0, 0.05) is 38.8 Å². The van der Waals surface area contributed by atoms with E-state index in [0.717, 1.165) is 0 Å². The molecule has 1 aliphatic heterocycles. The van der Waals surface area contributed by atoms with Crippen LogP contribution in [0.4, 0.5) is 0 Å². The third-order valence-electron chi connectivity index (χ3n) is 3.91. The predicted molar refractivity (Wildman–Crippen MR) is 87.7 cm³/mol. The zero-order valence-corrected chi connectivity index (χ0v) is 14.5. The van der Waals surface area contributed by atoms with E-state index < -0.39 is 10.2 Å². The van der Waals surface area contributed by atoms with Crippen LogP contribution in [0.15, 0.2) is 24.3 Å². The van der Waals surface area contributed by atoms with Gasteiger partial charge in [0.05, 0.1) is 7.11 Å². The van der Waals surface area contributed by atoms with Crippen LogP contribution in [-0.2, 0) is 10.2 Å². The third-order valence-corrected chi connectivity index (χ3v) is 5.85. The van der Waals surface area contributed by atoms with Crippen LogP contribution in [0.3, 0.4) is 0 Å². The maximum atomic E-state index is 12.3. The monoisotopic (exact) mass is 341 g/mol. The summed E-state index contributed by atoms with van der Waals surface area (Å²) in [5.41, 5.74) is 0.535. The van der Waals surface area contributed by atoms with Crippen molar-refractivity contribution in [2.24, 2.45) is 0 Å². The second-order valence-electron chi connectivity index (χ2n) is 5.67. The number of carbonyl (C=O) groups is 1. The summed E-state index contributed by atoms with van der Waals surface area (Å²) in [6.45, 7) is 0.813. The number of carbonyl (C=O) groups excluding carboxylic acids is 1. The molecule has 0 unspecified atom stereocenters. The lowest BCUT2D eigenvalue weighted by atomic mass is 10.1. The van der Waals surface area contributed by atoms with Gasteiger partial charge in [-0.25, -0.2) is 0 Å². The molecule has 1 amide bonds. The second kappa shape index (κ2) is 7.29. The Morgan fingerprint density at radius 3 is 2.52 bits per heavy atom. The molecule has 7 nitrogen and oxygen atoms in total. The highest BCUT2D eigenvalue weighted by Gasteiger charge is 2.30. The Labute approximate surface area is 137 Å². The molecule has 0 aliphatic carbocycles. The van der Waals surface area contributed by atoms with Gasteiger partial charge < -0.3 is 10.1 Å². The largest absolute Gasteiger partial charge is 0.497 e. The van der Waals surface area contributed by atoms with Gasteiger partial charge >= 0.3 is 0 Å². The van der Waals surface area contributed by atoms with Gasteiger partial charge in [-0.15, -0.1) is 0 Å². The molecule has 2 rings (SSSR count). The van der Waals surface area contributed by atoms with Gasteiger partial charge in [0.1, 0.15) is 5.75 Å². The molecular formula is C15H23N3O4S. The van der Waals surface area contributed by atoms with Gasteiger partial charge in [-0.05, 0) is 31.0 Å². The van der Waals surface area contributed by atoms with Gasteiger partial charge in [0.25, 0.3) is 16.1 Å². The molecule has 1 fully saturated rings. The molecule has 1 saturated heterocycles. The number of rotatable bonds is 5. The van der Waals surface area contributed by atoms with E-state index >= 15 is 0 Å². The van der Waals surface area contributed by atoms with Crippen molar-refractivity contribution in [1.82, 2.24) is 13.9 Å². The molecule has 0 aromatic heterocycles. The summed E-state index contributed by atoms with van der Waals surface area (Å²) in [4.78, 5) is 12.3. The van der Waals surface area contributed by atoms with Crippen molar-refractivity contribution in [3.63, 3.8) is 0 Å². The standard InChI is InChI=1S/C15H23N3O4S/c1-17(2)23(20,21)18-9-7-13(8-10-18)16-15(19)12-5-4-6-14(11-12)22-3/h4-6,11,13H,7-10H2,1-3H3,(H,16,19). The molecule has 1 aliphatic rings. The summed E-state index contributed by atoms with van der Waals surface area (Å²) in [5.74, 6) is 0.461. The van der Waals surface area contributed by atoms with E-state index in [4.69, 9.17) is 4.74 Å². The zero-order chi connectivity index (χ0) is 17.0. The number of nitrogens with one attached hydrogen (secondary N) is 1. The number of nitrogens with zero attached hydrogens (tertiary/aromatic N) is 2. The van der Waals surface area contributed by atoms with Crippen LogP contribution in [-0.4, -0.2) is 63.3 Å². The predicted octanol–water partition coefficient (Wildman–Crippen LogP) is 0.696. The molecule has 23 heavy (non-hydrogen) atoms. The third kappa shape index (κ3) is 4.21. The molecule has 0 radical (unpaired) electrons. The van der Waals surface area contributed by atoms with E-state index in [1.165, 1.54) is 22.7 Å². The van der Waals surface area contributed by atoms with Crippen molar-refractivity contribution >= 4 is 16.1 Å². The molecule has 8 heteroatoms. The van der Waals surface area contributed by atoms with Crippen molar-refractivity contribution in [3.05, 3.63) is 29.8 Å². The van der Waals surface area contributed by atoms with Gasteiger partial charge in [-0.3, -0.25) is 4.79 Å². The lowest BCUT2D eigenvalue weighted by molar-refractivity contribution is 0.0923. The fourth-order valence-corrected chi connectivity index (χ4v) is 3.63. The van der Waals surface area contributed by atoms with Crippen LogP contribution >= 0.6 is 0 Å². The highest BCUT2D eigenvalue weighted by atomic mass is 32.2. The van der Waals surface area contributed by atoms with Crippen LogP contribution in [0, 0.1) is 0 Å². The van der Waals surface area contributed by atoms with Gasteiger partial charge in [0.2, 0.25) is 0 Å². The molecule has 1 aromatic carbocycles. The number of benzene rings is 1. The maximum absolute atomic E-state index is 12.3. The summed E-state index contributed by atoms with van der Waals surface area (Å²) < 4.78 is 31.9. The summed E-state index contributed by atoms with van der Waals surface area (Å²) in [5, 5.41) is 2.96. The van der Waals surface area contributed by atoms with E-state index in [1.807, 2.05) is 0 Å². The Morgan fingerprint density at radius 2 is 1.96 bits per heavy atom. The van der Waals surface area contributed by atoms with E-state index in [1.54, 1.807) is 31.4 Å². The zero-order valence-electron chi connectivity index (χ0n) is 13.7. The number of piperidine rings is 1. The summed E-state index contributed by atoms with van der Waals surface area (Å²) >= 11 is 0. The Balaban J connectivity index is 1.92. The van der Waals surface area contributed by atoms with Crippen LogP contribution in [0.2, 0.25) is 0 Å². The van der Waals surface area contributed by atoms with E-state index in [0.29, 0.717) is 37.2 Å². The fourth-order valence-electron chi connectivity index (χ4n) is 2.49. The number of hydrogen-bond donors (Lipinski definition) is 1. The molecule has 1 aromatic rings. The first kappa shape index (κ1) is 17.7. The average Bonchev–Trinajstić information content (AvgIpc) is 2.55. The summed E-state index contributed by atoms with van der Waals surface area (Å²) in [6.07, 6.45) is 1.20. The van der Waals surface area contributed by atoms with E-state index in [2.05, 4.69) is 5.32 Å². The van der Waals surface area contributed by atoms with Gasteiger partial charge in [-0.1, -0.05) is 6.07 Å². The van der Waals surface area contributed by atoms with Crippen LogP contribution in [0.25, 0.3) is 0 Å². The maximum Gasteiger partial charge on any atom is 0.281 e. The Bertz CT molecular complexity index is 652. The van der Waals surface area contributed by atoms with Crippen molar-refractivity contribution in [3.8, 4) is 5.75 Å². The fraction of sp³-hybridized carbons (Fsp3) is 0.533. The van der Waals surface area contributed by atoms with Gasteiger partial charge in [0.15, 0.2) is 0 Å². The minimum Gasteiger partial charge on any atom is -0.497 e. The highest BCUT2D eigenvalue weighted by molar-refractivity contribution is 7.86. The summed E-state index contributed by atoms with van der Waals surface area (Å²) in [7, 11) is 1.22. The van der Waals surface area contributed by atoms with E-state index in [-0.39, 0.29) is 11.9 Å². The molecule has 0 bridgehead atoms. The topological polar surface area (TPSA) is 79.0 Å². The lowest BCUT2D eigenvalue weighted by Crippen LogP contribution is -2.49. The normalized spacial score (nSPS) is 17.2. The number of methoxy groups -OCH3 is 1. The van der Waals surface area contributed by atoms with Crippen molar-refractivity contribution in [2.45, 2.75) is 18.9 Å². The highest BCUT2D eigenvalue weighted by Crippen LogP contribution is 2.17. The lowest BCUT2D eigenvalue weighted by Gasteiger charge is -2.33. The minimum absolute atomic E-state index is 0.0256.